The van der Waals surface area contributed by atoms with E-state index in [9.17, 15) is 13.2 Å². The summed E-state index contributed by atoms with van der Waals surface area (Å²) in [6.07, 6.45) is -1.40. The highest BCUT2D eigenvalue weighted by atomic mass is 19.4. The zero-order chi connectivity index (χ0) is 17.2. The average Bonchev–Trinajstić information content (AvgIpc) is 2.94. The van der Waals surface area contributed by atoms with Gasteiger partial charge < -0.3 is 5.32 Å². The van der Waals surface area contributed by atoms with Crippen molar-refractivity contribution in [2.24, 2.45) is 7.05 Å². The molecule has 0 atom stereocenters. The number of nitrogens with zero attached hydrogens (tertiary/aromatic N) is 3. The van der Waals surface area contributed by atoms with E-state index in [1.165, 1.54) is 0 Å². The number of halogens is 3. The lowest BCUT2D eigenvalue weighted by molar-refractivity contribution is -0.137. The van der Waals surface area contributed by atoms with Crippen LogP contribution in [0.4, 0.5) is 19.0 Å². The van der Waals surface area contributed by atoms with Crippen molar-refractivity contribution in [1.29, 1.82) is 0 Å². The van der Waals surface area contributed by atoms with E-state index >= 15 is 0 Å². The minimum absolute atomic E-state index is 0.174. The van der Waals surface area contributed by atoms with Gasteiger partial charge in [-0.3, -0.25) is 4.68 Å². The van der Waals surface area contributed by atoms with Crippen molar-refractivity contribution in [3.8, 4) is 11.3 Å². The Balaban J connectivity index is 1.81. The Morgan fingerprint density at radius 2 is 1.88 bits per heavy atom. The van der Waals surface area contributed by atoms with Gasteiger partial charge in [0.25, 0.3) is 0 Å². The smallest absolute Gasteiger partial charge is 0.366 e. The molecule has 0 bridgehead atoms. The topological polar surface area (TPSA) is 42.7 Å². The molecule has 1 aromatic carbocycles. The molecule has 0 fully saturated rings. The van der Waals surface area contributed by atoms with E-state index in [0.717, 1.165) is 35.2 Å². The number of benzene rings is 1. The zero-order valence-corrected chi connectivity index (χ0v) is 12.9. The first-order chi connectivity index (χ1) is 11.4. The van der Waals surface area contributed by atoms with Crippen LogP contribution < -0.4 is 5.32 Å². The fourth-order valence-corrected chi connectivity index (χ4v) is 2.40. The number of anilines is 1. The highest BCUT2D eigenvalue weighted by Crippen LogP contribution is 2.30. The van der Waals surface area contributed by atoms with E-state index in [0.29, 0.717) is 6.54 Å². The van der Waals surface area contributed by atoms with Crippen LogP contribution in [0.25, 0.3) is 11.3 Å². The molecule has 24 heavy (non-hydrogen) atoms. The second-order valence-corrected chi connectivity index (χ2v) is 5.32. The number of hydrogen-bond donors (Lipinski definition) is 1. The van der Waals surface area contributed by atoms with Crippen molar-refractivity contribution in [2.75, 3.05) is 5.32 Å². The Morgan fingerprint density at radius 1 is 1.12 bits per heavy atom. The van der Waals surface area contributed by atoms with Crippen LogP contribution in [0.2, 0.25) is 0 Å². The summed E-state index contributed by atoms with van der Waals surface area (Å²) in [7, 11) is 1.80. The Labute approximate surface area is 137 Å². The van der Waals surface area contributed by atoms with E-state index in [1.54, 1.807) is 11.7 Å². The maximum atomic E-state index is 12.8. The summed E-state index contributed by atoms with van der Waals surface area (Å²) >= 11 is 0. The molecule has 0 spiro atoms. The van der Waals surface area contributed by atoms with Crippen molar-refractivity contribution >= 4 is 5.82 Å². The van der Waals surface area contributed by atoms with Crippen molar-refractivity contribution in [3.63, 3.8) is 0 Å². The van der Waals surface area contributed by atoms with Crippen LogP contribution in [0.1, 0.15) is 11.1 Å². The molecule has 1 N–H and O–H groups in total. The van der Waals surface area contributed by atoms with E-state index in [-0.39, 0.29) is 5.82 Å². The first-order valence-corrected chi connectivity index (χ1v) is 7.28. The van der Waals surface area contributed by atoms with Gasteiger partial charge in [0.1, 0.15) is 5.82 Å². The molecule has 0 aliphatic carbocycles. The normalized spacial score (nSPS) is 11.5. The third kappa shape index (κ3) is 3.56. The van der Waals surface area contributed by atoms with Gasteiger partial charge in [0.2, 0.25) is 0 Å². The first-order valence-electron chi connectivity index (χ1n) is 7.28. The molecule has 0 aliphatic rings. The van der Waals surface area contributed by atoms with Crippen molar-refractivity contribution < 1.29 is 13.2 Å². The molecule has 124 valence electrons. The molecule has 4 nitrogen and oxygen atoms in total. The van der Waals surface area contributed by atoms with Crippen LogP contribution in [-0.4, -0.2) is 14.8 Å². The minimum Gasteiger partial charge on any atom is -0.366 e. The number of rotatable bonds is 4. The Kier molecular flexibility index (Phi) is 4.24. The maximum Gasteiger partial charge on any atom is 0.416 e. The third-order valence-electron chi connectivity index (χ3n) is 3.50. The average molecular weight is 332 g/mol. The van der Waals surface area contributed by atoms with Gasteiger partial charge in [-0.05, 0) is 12.1 Å². The number of pyridine rings is 1. The molecule has 2 heterocycles. The molecule has 3 rings (SSSR count). The quantitative estimate of drug-likeness (QED) is 0.782. The van der Waals surface area contributed by atoms with Crippen molar-refractivity contribution in [1.82, 2.24) is 14.8 Å². The van der Waals surface area contributed by atoms with Crippen molar-refractivity contribution in [2.45, 2.75) is 12.7 Å². The molecular formula is C17H15F3N4. The molecule has 7 heteroatoms. The summed E-state index contributed by atoms with van der Waals surface area (Å²) in [6.45, 7) is 0.326. The van der Waals surface area contributed by atoms with E-state index < -0.39 is 11.7 Å². The molecule has 0 saturated heterocycles. The van der Waals surface area contributed by atoms with Crippen LogP contribution in [0.3, 0.4) is 0 Å². The van der Waals surface area contributed by atoms with Crippen LogP contribution in [0, 0.1) is 0 Å². The molecule has 0 aliphatic heterocycles. The van der Waals surface area contributed by atoms with Crippen LogP contribution in [0.15, 0.2) is 54.9 Å². The highest BCUT2D eigenvalue weighted by molar-refractivity contribution is 5.63. The number of alkyl halides is 3. The maximum absolute atomic E-state index is 12.8. The summed E-state index contributed by atoms with van der Waals surface area (Å²) in [6, 6.07) is 11.6. The largest absolute Gasteiger partial charge is 0.416 e. The summed E-state index contributed by atoms with van der Waals surface area (Å²) in [4.78, 5) is 3.94. The Hall–Kier alpha value is -2.83. The van der Waals surface area contributed by atoms with Gasteiger partial charge in [-0.1, -0.05) is 30.3 Å². The number of aryl methyl sites for hydroxylation is 1. The first kappa shape index (κ1) is 16.0. The van der Waals surface area contributed by atoms with Gasteiger partial charge in [0.05, 0.1) is 11.3 Å². The second-order valence-electron chi connectivity index (χ2n) is 5.32. The number of hydrogen-bond acceptors (Lipinski definition) is 3. The molecule has 0 saturated carbocycles. The monoisotopic (exact) mass is 332 g/mol. The van der Waals surface area contributed by atoms with E-state index in [2.05, 4.69) is 15.4 Å². The van der Waals surface area contributed by atoms with Crippen LogP contribution in [-0.2, 0) is 19.8 Å². The molecule has 0 unspecified atom stereocenters. The standard InChI is InChI=1S/C17H15F3N4/c1-24-11-13(16(23-24)12-5-3-2-4-6-12)10-22-15-9-14(7-8-21-15)17(18,19)20/h2-9,11H,10H2,1H3,(H,21,22). The van der Waals surface area contributed by atoms with E-state index in [1.807, 2.05) is 36.5 Å². The number of aromatic nitrogens is 3. The Morgan fingerprint density at radius 3 is 2.58 bits per heavy atom. The summed E-state index contributed by atoms with van der Waals surface area (Å²) in [5, 5.41) is 7.36. The molecule has 0 radical (unpaired) electrons. The lowest BCUT2D eigenvalue weighted by atomic mass is 10.1. The molecule has 0 amide bonds. The molecule has 3 aromatic rings. The van der Waals surface area contributed by atoms with Crippen LogP contribution >= 0.6 is 0 Å². The summed E-state index contributed by atoms with van der Waals surface area (Å²) < 4.78 is 39.9. The SMILES string of the molecule is Cn1cc(CNc2cc(C(F)(F)F)ccn2)c(-c2ccccc2)n1. The van der Waals surface area contributed by atoms with E-state index in [4.69, 9.17) is 0 Å². The van der Waals surface area contributed by atoms with Gasteiger partial charge in [0.15, 0.2) is 0 Å². The van der Waals surface area contributed by atoms with Crippen molar-refractivity contribution in [3.05, 3.63) is 66.0 Å². The fraction of sp³-hybridized carbons (Fsp3) is 0.176. The van der Waals surface area contributed by atoms with Gasteiger partial charge in [-0.15, -0.1) is 0 Å². The second kappa shape index (κ2) is 6.35. The highest BCUT2D eigenvalue weighted by Gasteiger charge is 2.30. The Bertz CT molecular complexity index is 825. The van der Waals surface area contributed by atoms with Gasteiger partial charge in [-0.2, -0.15) is 18.3 Å². The molecular weight excluding hydrogens is 317 g/mol. The zero-order valence-electron chi connectivity index (χ0n) is 12.9. The predicted octanol–water partition coefficient (Wildman–Crippen LogP) is 4.11. The van der Waals surface area contributed by atoms with Crippen LogP contribution in [0.5, 0.6) is 0 Å². The van der Waals surface area contributed by atoms with Gasteiger partial charge >= 0.3 is 6.18 Å². The minimum atomic E-state index is -4.39. The predicted molar refractivity (Wildman–Crippen MR) is 85.2 cm³/mol. The summed E-state index contributed by atoms with van der Waals surface area (Å²) in [5.74, 6) is 0.174. The lowest BCUT2D eigenvalue weighted by Crippen LogP contribution is -2.07. The third-order valence-corrected chi connectivity index (χ3v) is 3.50. The molecule has 2 aromatic heterocycles. The summed E-state index contributed by atoms with van der Waals surface area (Å²) in [5.41, 5.74) is 1.89. The van der Waals surface area contributed by atoms with Gasteiger partial charge in [-0.25, -0.2) is 4.98 Å². The lowest BCUT2D eigenvalue weighted by Gasteiger charge is -2.09. The van der Waals surface area contributed by atoms with Gasteiger partial charge in [0, 0.05) is 37.1 Å². The fourth-order valence-electron chi connectivity index (χ4n) is 2.40. The number of nitrogens with one attached hydrogen (secondary N) is 1.